The Kier molecular flexibility index (Phi) is 21.6. The lowest BCUT2D eigenvalue weighted by molar-refractivity contribution is -0.612. The molecule has 8 heterocycles. The Bertz CT molecular complexity index is 6250. The van der Waals surface area contributed by atoms with E-state index in [0.29, 0.717) is 5.69 Å². The van der Waals surface area contributed by atoms with Crippen LogP contribution in [0, 0.1) is 110 Å². The van der Waals surface area contributed by atoms with E-state index in [2.05, 4.69) is 422 Å². The van der Waals surface area contributed by atoms with Gasteiger partial charge in [0.05, 0.1) is 28.8 Å². The molecule has 0 amide bonds. The molecule has 0 spiro atoms. The zero-order valence-electron chi connectivity index (χ0n) is 66.7. The van der Waals surface area contributed by atoms with Gasteiger partial charge in [0.25, 0.3) is 0 Å². The zero-order chi connectivity index (χ0) is 77.1. The highest BCUT2D eigenvalue weighted by Crippen LogP contribution is 2.31. The lowest BCUT2D eigenvalue weighted by atomic mass is 9.85. The highest BCUT2D eigenvalue weighted by Gasteiger charge is 2.31. The maximum Gasteiger partial charge on any atom is 0.223 e. The number of hydrogen-bond acceptors (Lipinski definition) is 0. The molecule has 0 aliphatic carbocycles. The zero-order valence-corrected chi connectivity index (χ0v) is 66.7. The highest BCUT2D eigenvalue weighted by atomic mass is 15.0. The van der Waals surface area contributed by atoms with Crippen molar-refractivity contribution in [2.24, 2.45) is 0 Å². The molecule has 16 aromatic rings. The number of aryl methyl sites for hydroxylation is 11. The molecular weight excluding hydrogens is 1330 g/mol. The van der Waals surface area contributed by atoms with Crippen LogP contribution in [-0.4, -0.2) is 0 Å². The molecule has 538 valence electrons. The first-order chi connectivity index (χ1) is 52.3. The number of aromatic nitrogens is 8. The van der Waals surface area contributed by atoms with E-state index >= 15 is 0 Å². The van der Waals surface area contributed by atoms with Gasteiger partial charge in [0, 0.05) is 197 Å². The number of fused-ring (bicyclic) bond motifs is 4. The topological polar surface area (TPSA) is 35.4 Å². The van der Waals surface area contributed by atoms with Crippen molar-refractivity contribution >= 4 is 48.8 Å². The largest absolute Gasteiger partial charge is 0.238 e. The Morgan fingerprint density at radius 1 is 0.248 bits per heavy atom. The SMILES string of the molecule is Cc1c(-[n+]2ccccc2C)cc(C(C)(C)C)cc1-[n+]1cc2ccccc2cc1C.Cc1cc(-[n+]2ccccc2C)c(C)c(-[n+]2cc3ccccc3cc2C)c1.Cc1cc(C)c(-[n+]2cc3ccccc3cc2C)c(C)c1-[n+]1ccccc1C.[C-]#[N+]c1cc(-[n+]2ccccc2C)c(C)c(-[n+]2cc3ccccc3cc2C)c1. The Hall–Kier alpha value is -12.5. The fourth-order valence-corrected chi connectivity index (χ4v) is 15.5. The molecular formula is C100H101N9+8. The molecule has 0 saturated carbocycles. The summed E-state index contributed by atoms with van der Waals surface area (Å²) in [4.78, 5) is 3.73. The third-order valence-corrected chi connectivity index (χ3v) is 21.4. The number of rotatable bonds is 8. The van der Waals surface area contributed by atoms with Crippen molar-refractivity contribution in [1.82, 2.24) is 0 Å². The molecule has 0 saturated heterocycles. The summed E-state index contributed by atoms with van der Waals surface area (Å²) in [5.41, 5.74) is 30.1. The summed E-state index contributed by atoms with van der Waals surface area (Å²) in [6.07, 6.45) is 17.4. The van der Waals surface area contributed by atoms with Crippen molar-refractivity contribution in [3.05, 3.63) is 388 Å². The van der Waals surface area contributed by atoms with Crippen LogP contribution in [0.3, 0.4) is 0 Å². The van der Waals surface area contributed by atoms with Crippen molar-refractivity contribution in [2.45, 2.75) is 130 Å². The smallest absolute Gasteiger partial charge is 0.223 e. The van der Waals surface area contributed by atoms with Crippen LogP contribution in [0.4, 0.5) is 5.69 Å². The van der Waals surface area contributed by atoms with Crippen LogP contribution in [0.2, 0.25) is 0 Å². The van der Waals surface area contributed by atoms with E-state index in [1.54, 1.807) is 0 Å². The average molecular weight is 1430 g/mol. The van der Waals surface area contributed by atoms with Crippen LogP contribution >= 0.6 is 0 Å². The molecule has 109 heavy (non-hydrogen) atoms. The Labute approximate surface area is 644 Å². The minimum Gasteiger partial charge on any atom is -0.238 e. The summed E-state index contributed by atoms with van der Waals surface area (Å²) in [7, 11) is 0. The standard InChI is InChI=1S/C27H30N2.C25H26N2.C24H21N3.C24H24N2/c1-19-11-9-10-14-28(19)25-16-24(27(4,5)6)17-26(21(25)3)29-18-23-13-8-7-12-22(23)15-20(29)2;1-17-14-18(2)25(21(5)24(17)26-13-9-8-10-19(26)3)27-16-23-12-7-6-11-22(23)15-20(27)4;1-17-9-7-8-12-26(17)23-14-22(25-4)15-24(19(23)3)27-16-21-11-6-5-10-20(21)13-18(27)2;1-17-13-23(25-12-8-7-9-18(25)2)20(4)24(14-17)26-16-22-11-6-5-10-21(22)15-19(26)3/h7-18H,1-6H3;6-16H,1-5H3;5-16H,1-3H3;5-16H,1-4H3/q4*+2. The summed E-state index contributed by atoms with van der Waals surface area (Å²) >= 11 is 0. The van der Waals surface area contributed by atoms with E-state index in [0.717, 1.165) is 28.3 Å². The van der Waals surface area contributed by atoms with Crippen LogP contribution < -0.4 is 36.5 Å². The first-order valence-corrected chi connectivity index (χ1v) is 37.8. The van der Waals surface area contributed by atoms with E-state index in [1.165, 1.54) is 150 Å². The molecule has 0 fully saturated rings. The molecule has 0 aliphatic rings. The normalized spacial score (nSPS) is 11.2. The summed E-state index contributed by atoms with van der Waals surface area (Å²) < 4.78 is 18.2. The van der Waals surface area contributed by atoms with E-state index in [1.807, 2.05) is 30.5 Å². The van der Waals surface area contributed by atoms with Crippen LogP contribution in [0.1, 0.15) is 111 Å². The maximum atomic E-state index is 7.58. The van der Waals surface area contributed by atoms with Gasteiger partial charge in [-0.3, -0.25) is 0 Å². The Morgan fingerprint density at radius 3 is 0.853 bits per heavy atom. The molecule has 8 aromatic carbocycles. The van der Waals surface area contributed by atoms with E-state index in [4.69, 9.17) is 6.57 Å². The van der Waals surface area contributed by atoms with Crippen LogP contribution in [-0.2, 0) is 5.41 Å². The molecule has 9 heteroatoms. The van der Waals surface area contributed by atoms with Gasteiger partial charge in [-0.05, 0) is 117 Å². The number of hydrogen-bond donors (Lipinski definition) is 0. The first-order valence-electron chi connectivity index (χ1n) is 37.8. The summed E-state index contributed by atoms with van der Waals surface area (Å²) in [6.45, 7) is 47.0. The van der Waals surface area contributed by atoms with Gasteiger partial charge in [-0.1, -0.05) is 118 Å². The predicted molar refractivity (Wildman–Crippen MR) is 444 cm³/mol. The molecule has 9 nitrogen and oxygen atoms in total. The maximum absolute atomic E-state index is 7.58. The minimum absolute atomic E-state index is 0.0613. The first kappa shape index (κ1) is 74.8. The third kappa shape index (κ3) is 15.6. The van der Waals surface area contributed by atoms with Crippen LogP contribution in [0.15, 0.2) is 286 Å². The monoisotopic (exact) mass is 1430 g/mol. The summed E-state index contributed by atoms with van der Waals surface area (Å²) in [5.74, 6) is 0. The second kappa shape index (κ2) is 31.5. The summed E-state index contributed by atoms with van der Waals surface area (Å²) in [5, 5.41) is 10.0. The molecule has 8 aromatic heterocycles. The van der Waals surface area contributed by atoms with Crippen LogP contribution in [0.5, 0.6) is 0 Å². The molecule has 0 radical (unpaired) electrons. The summed E-state index contributed by atoms with van der Waals surface area (Å²) in [6, 6.07) is 83.7. The highest BCUT2D eigenvalue weighted by molar-refractivity contribution is 5.83. The van der Waals surface area contributed by atoms with Gasteiger partial charge < -0.3 is 0 Å². The average Bonchev–Trinajstić information content (AvgIpc) is 0.780. The molecule has 0 unspecified atom stereocenters. The van der Waals surface area contributed by atoms with Gasteiger partial charge in [0.1, 0.15) is 0 Å². The Morgan fingerprint density at radius 2 is 0.514 bits per heavy atom. The van der Waals surface area contributed by atoms with Crippen LogP contribution in [0.25, 0.3) is 93.4 Å². The fourth-order valence-electron chi connectivity index (χ4n) is 15.5. The van der Waals surface area contributed by atoms with Crippen molar-refractivity contribution in [2.75, 3.05) is 0 Å². The van der Waals surface area contributed by atoms with E-state index in [-0.39, 0.29) is 5.41 Å². The van der Waals surface area contributed by atoms with E-state index < -0.39 is 0 Å². The number of benzene rings is 8. The van der Waals surface area contributed by atoms with Gasteiger partial charge in [-0.2, -0.15) is 36.5 Å². The van der Waals surface area contributed by atoms with Crippen molar-refractivity contribution in [3.8, 4) is 45.5 Å². The number of nitrogens with zero attached hydrogens (tertiary/aromatic N) is 9. The van der Waals surface area contributed by atoms with Gasteiger partial charge in [-0.25, -0.2) is 4.85 Å². The second-order valence-electron chi connectivity index (χ2n) is 30.4. The molecule has 0 bridgehead atoms. The Balaban J connectivity index is 0.000000128. The molecule has 0 aliphatic heterocycles. The number of pyridine rings is 8. The van der Waals surface area contributed by atoms with Crippen molar-refractivity contribution in [1.29, 1.82) is 0 Å². The lowest BCUT2D eigenvalue weighted by Gasteiger charge is -2.20. The van der Waals surface area contributed by atoms with Gasteiger partial charge in [-0.15, -0.1) is 0 Å². The minimum atomic E-state index is 0.0613. The molecule has 0 N–H and O–H groups in total. The van der Waals surface area contributed by atoms with Gasteiger partial charge in [0.2, 0.25) is 45.5 Å². The molecule has 16 rings (SSSR count). The van der Waals surface area contributed by atoms with Crippen molar-refractivity contribution < 1.29 is 36.5 Å². The second-order valence-corrected chi connectivity index (χ2v) is 30.4. The molecule has 0 atom stereocenters. The predicted octanol–water partition coefficient (Wildman–Crippen LogP) is 20.0. The quantitative estimate of drug-likeness (QED) is 0.107. The van der Waals surface area contributed by atoms with Gasteiger partial charge in [0.15, 0.2) is 101 Å². The van der Waals surface area contributed by atoms with Gasteiger partial charge >= 0.3 is 0 Å². The third-order valence-electron chi connectivity index (χ3n) is 21.4. The lowest BCUT2D eigenvalue weighted by Crippen LogP contribution is -2.40. The van der Waals surface area contributed by atoms with E-state index in [9.17, 15) is 0 Å². The fraction of sp³-hybridized carbons (Fsp3) is 0.190. The van der Waals surface area contributed by atoms with Crippen molar-refractivity contribution in [3.63, 3.8) is 0 Å².